The van der Waals surface area contributed by atoms with Gasteiger partial charge in [0.05, 0.1) is 9.75 Å². The molecule has 1 rings (SSSR count). The maximum Gasteiger partial charge on any atom is 0.0781 e. The second kappa shape index (κ2) is 3.11. The van der Waals surface area contributed by atoms with Gasteiger partial charge in [0.25, 0.3) is 0 Å². The van der Waals surface area contributed by atoms with Gasteiger partial charge in [-0.3, -0.25) is 0 Å². The highest BCUT2D eigenvalue weighted by atomic mass is 32.1. The van der Waals surface area contributed by atoms with Crippen LogP contribution < -0.4 is 0 Å². The Bertz CT molecular complexity index is 314. The zero-order valence-electron chi connectivity index (χ0n) is 5.64. The summed E-state index contributed by atoms with van der Waals surface area (Å²) < 4.78 is 0. The Hall–Kier alpha value is -1.18. The van der Waals surface area contributed by atoms with Crippen LogP contribution in [-0.2, 0) is 0 Å². The van der Waals surface area contributed by atoms with E-state index in [9.17, 15) is 0 Å². The average molecular weight is 146 g/mol. The van der Waals surface area contributed by atoms with E-state index in [4.69, 9.17) is 6.42 Å². The van der Waals surface area contributed by atoms with Crippen LogP contribution >= 0.6 is 11.3 Å². The van der Waals surface area contributed by atoms with Crippen molar-refractivity contribution in [1.29, 1.82) is 0 Å². The molecule has 0 amide bonds. The molecule has 1 heteroatoms. The van der Waals surface area contributed by atoms with Crippen molar-refractivity contribution in [2.24, 2.45) is 0 Å². The second-order valence-electron chi connectivity index (χ2n) is 1.68. The maximum atomic E-state index is 5.17. The van der Waals surface area contributed by atoms with Crippen molar-refractivity contribution in [3.63, 3.8) is 0 Å². The fraction of sp³-hybridized carbons (Fsp3) is 0.111. The van der Waals surface area contributed by atoms with Crippen molar-refractivity contribution < 1.29 is 0 Å². The molecule has 0 radical (unpaired) electrons. The molecule has 0 N–H and O–H groups in total. The minimum Gasteiger partial charge on any atom is -0.118 e. The molecule has 0 saturated carbocycles. The van der Waals surface area contributed by atoms with E-state index in [-0.39, 0.29) is 0 Å². The number of rotatable bonds is 0. The highest BCUT2D eigenvalue weighted by Crippen LogP contribution is 2.13. The molecule has 0 fully saturated rings. The summed E-state index contributed by atoms with van der Waals surface area (Å²) >= 11 is 1.55. The summed E-state index contributed by atoms with van der Waals surface area (Å²) in [6, 6.07) is 3.85. The van der Waals surface area contributed by atoms with Crippen molar-refractivity contribution in [3.8, 4) is 24.2 Å². The van der Waals surface area contributed by atoms with Gasteiger partial charge in [-0.05, 0) is 19.1 Å². The van der Waals surface area contributed by atoms with Crippen LogP contribution in [0.5, 0.6) is 0 Å². The fourth-order valence-electron chi connectivity index (χ4n) is 0.606. The van der Waals surface area contributed by atoms with Crippen LogP contribution in [0.2, 0.25) is 0 Å². The molecule has 0 aliphatic rings. The first-order valence-corrected chi connectivity index (χ1v) is 3.67. The minimum absolute atomic E-state index is 0.942. The first kappa shape index (κ1) is 6.93. The van der Waals surface area contributed by atoms with Gasteiger partial charge >= 0.3 is 0 Å². The van der Waals surface area contributed by atoms with Gasteiger partial charge in [-0.25, -0.2) is 0 Å². The molecule has 0 aliphatic heterocycles. The van der Waals surface area contributed by atoms with Crippen LogP contribution in [0.15, 0.2) is 12.1 Å². The molecule has 0 aromatic carbocycles. The van der Waals surface area contributed by atoms with Gasteiger partial charge in [0, 0.05) is 0 Å². The van der Waals surface area contributed by atoms with Gasteiger partial charge in [-0.1, -0.05) is 11.8 Å². The minimum atomic E-state index is 0.942. The molecule has 48 valence electrons. The standard InChI is InChI=1S/C9H6S/c1-3-5-9-7-6-8(4-2)10-9/h2,6-7H,1H3. The highest BCUT2D eigenvalue weighted by molar-refractivity contribution is 7.13. The first-order valence-electron chi connectivity index (χ1n) is 2.86. The topological polar surface area (TPSA) is 0 Å². The van der Waals surface area contributed by atoms with Gasteiger partial charge in [-0.15, -0.1) is 23.7 Å². The summed E-state index contributed by atoms with van der Waals surface area (Å²) in [6.45, 7) is 1.81. The quantitative estimate of drug-likeness (QED) is 0.492. The van der Waals surface area contributed by atoms with E-state index in [1.54, 1.807) is 11.3 Å². The van der Waals surface area contributed by atoms with Crippen molar-refractivity contribution in [2.75, 3.05) is 0 Å². The van der Waals surface area contributed by atoms with Gasteiger partial charge in [-0.2, -0.15) is 0 Å². The molecule has 0 aliphatic carbocycles. The second-order valence-corrected chi connectivity index (χ2v) is 2.77. The first-order chi connectivity index (χ1) is 4.86. The number of hydrogen-bond donors (Lipinski definition) is 0. The van der Waals surface area contributed by atoms with Crippen LogP contribution in [0.25, 0.3) is 0 Å². The Morgan fingerprint density at radius 3 is 2.60 bits per heavy atom. The summed E-state index contributed by atoms with van der Waals surface area (Å²) in [7, 11) is 0. The number of thiophene rings is 1. The zero-order valence-corrected chi connectivity index (χ0v) is 6.46. The normalized spacial score (nSPS) is 7.60. The molecule has 0 nitrogen and oxygen atoms in total. The summed E-state index contributed by atoms with van der Waals surface area (Å²) in [5, 5.41) is 0. The maximum absolute atomic E-state index is 5.17. The lowest BCUT2D eigenvalue weighted by molar-refractivity contribution is 1.86. The van der Waals surface area contributed by atoms with E-state index in [0.29, 0.717) is 0 Å². The SMILES string of the molecule is C#Cc1ccc(C#CC)s1. The molecule has 0 bridgehead atoms. The lowest BCUT2D eigenvalue weighted by Crippen LogP contribution is -1.55. The van der Waals surface area contributed by atoms with E-state index >= 15 is 0 Å². The summed E-state index contributed by atoms with van der Waals surface area (Å²) in [6.07, 6.45) is 5.17. The van der Waals surface area contributed by atoms with E-state index < -0.39 is 0 Å². The predicted molar refractivity (Wildman–Crippen MR) is 44.8 cm³/mol. The summed E-state index contributed by atoms with van der Waals surface area (Å²) in [5.41, 5.74) is 0. The van der Waals surface area contributed by atoms with Gasteiger partial charge in [0.2, 0.25) is 0 Å². The Morgan fingerprint density at radius 1 is 1.40 bits per heavy atom. The van der Waals surface area contributed by atoms with Crippen LogP contribution in [0, 0.1) is 24.2 Å². The highest BCUT2D eigenvalue weighted by Gasteiger charge is 1.91. The molecule has 0 atom stereocenters. The third-order valence-corrected chi connectivity index (χ3v) is 1.93. The lowest BCUT2D eigenvalue weighted by Gasteiger charge is -1.73. The van der Waals surface area contributed by atoms with E-state index in [2.05, 4.69) is 17.8 Å². The Kier molecular flexibility index (Phi) is 2.15. The Labute approximate surface area is 64.9 Å². The summed E-state index contributed by atoms with van der Waals surface area (Å²) in [5.74, 6) is 8.30. The smallest absolute Gasteiger partial charge is 0.0781 e. The van der Waals surface area contributed by atoms with E-state index in [1.165, 1.54) is 0 Å². The largest absolute Gasteiger partial charge is 0.118 e. The van der Waals surface area contributed by atoms with Crippen LogP contribution in [-0.4, -0.2) is 0 Å². The monoisotopic (exact) mass is 146 g/mol. The Balaban J connectivity index is 2.98. The van der Waals surface area contributed by atoms with Crippen molar-refractivity contribution in [3.05, 3.63) is 21.9 Å². The molecule has 10 heavy (non-hydrogen) atoms. The summed E-state index contributed by atoms with van der Waals surface area (Å²) in [4.78, 5) is 1.98. The zero-order chi connectivity index (χ0) is 7.40. The molecule has 0 unspecified atom stereocenters. The van der Waals surface area contributed by atoms with Gasteiger partial charge in [0.1, 0.15) is 0 Å². The molecule has 0 saturated heterocycles. The van der Waals surface area contributed by atoms with E-state index in [1.807, 2.05) is 19.1 Å². The van der Waals surface area contributed by atoms with Crippen LogP contribution in [0.4, 0.5) is 0 Å². The molecular formula is C9H6S. The fourth-order valence-corrected chi connectivity index (χ4v) is 1.33. The Morgan fingerprint density at radius 2 is 2.10 bits per heavy atom. The third kappa shape index (κ3) is 1.41. The van der Waals surface area contributed by atoms with Crippen molar-refractivity contribution >= 4 is 11.3 Å². The van der Waals surface area contributed by atoms with Gasteiger partial charge < -0.3 is 0 Å². The molecule has 1 aromatic heterocycles. The average Bonchev–Trinajstić information content (AvgIpc) is 2.37. The predicted octanol–water partition coefficient (Wildman–Crippen LogP) is 2.10. The van der Waals surface area contributed by atoms with Gasteiger partial charge in [0.15, 0.2) is 0 Å². The molecular weight excluding hydrogens is 140 g/mol. The molecule has 0 spiro atoms. The van der Waals surface area contributed by atoms with Crippen molar-refractivity contribution in [1.82, 2.24) is 0 Å². The lowest BCUT2D eigenvalue weighted by atomic mass is 10.4. The van der Waals surface area contributed by atoms with Crippen molar-refractivity contribution in [2.45, 2.75) is 6.92 Å². The van der Waals surface area contributed by atoms with E-state index in [0.717, 1.165) is 9.75 Å². The molecule has 1 heterocycles. The third-order valence-electron chi connectivity index (χ3n) is 0.996. The van der Waals surface area contributed by atoms with Crippen LogP contribution in [0.3, 0.4) is 0 Å². The van der Waals surface area contributed by atoms with Crippen LogP contribution in [0.1, 0.15) is 16.7 Å². The number of hydrogen-bond acceptors (Lipinski definition) is 1. The molecule has 1 aromatic rings. The number of terminal acetylenes is 1.